The normalized spacial score (nSPS) is 11.1. The number of imidazole rings is 1. The van der Waals surface area contributed by atoms with Crippen LogP contribution in [0.15, 0.2) is 12.5 Å². The highest BCUT2D eigenvalue weighted by Gasteiger charge is 2.08. The average molecular weight is 206 g/mol. The van der Waals surface area contributed by atoms with Gasteiger partial charge < -0.3 is 15.0 Å². The fourth-order valence-electron chi connectivity index (χ4n) is 1.56. The summed E-state index contributed by atoms with van der Waals surface area (Å²) < 4.78 is 7.28. The Kier molecular flexibility index (Phi) is 2.55. The highest BCUT2D eigenvalue weighted by molar-refractivity contribution is 5.87. The number of aromatic nitrogens is 3. The van der Waals surface area contributed by atoms with Crippen LogP contribution in [0.25, 0.3) is 11.0 Å². The summed E-state index contributed by atoms with van der Waals surface area (Å²) in [5.74, 6) is 0.464. The molecule has 15 heavy (non-hydrogen) atoms. The quantitative estimate of drug-likeness (QED) is 0.822. The van der Waals surface area contributed by atoms with Crippen LogP contribution in [0.3, 0.4) is 0 Å². The molecule has 0 aromatic carbocycles. The van der Waals surface area contributed by atoms with E-state index < -0.39 is 0 Å². The highest BCUT2D eigenvalue weighted by Crippen LogP contribution is 2.20. The third-order valence-electron chi connectivity index (χ3n) is 2.29. The number of hydrogen-bond donors (Lipinski definition) is 1. The molecule has 2 aromatic rings. The van der Waals surface area contributed by atoms with Crippen LogP contribution in [-0.4, -0.2) is 21.1 Å². The molecule has 0 amide bonds. The van der Waals surface area contributed by atoms with Gasteiger partial charge in [0.1, 0.15) is 12.2 Å². The first-order valence-electron chi connectivity index (χ1n) is 4.87. The molecule has 0 bridgehead atoms. The van der Waals surface area contributed by atoms with Gasteiger partial charge in [-0.25, -0.2) is 9.97 Å². The van der Waals surface area contributed by atoms with Crippen LogP contribution in [0.5, 0.6) is 0 Å². The predicted molar refractivity (Wildman–Crippen MR) is 58.3 cm³/mol. The molecule has 0 fully saturated rings. The molecule has 5 nitrogen and oxygen atoms in total. The van der Waals surface area contributed by atoms with Crippen molar-refractivity contribution >= 4 is 16.9 Å². The molecular weight excluding hydrogens is 192 g/mol. The van der Waals surface area contributed by atoms with Crippen LogP contribution in [0.1, 0.15) is 12.5 Å². The van der Waals surface area contributed by atoms with Gasteiger partial charge in [-0.3, -0.25) is 0 Å². The third-order valence-corrected chi connectivity index (χ3v) is 2.29. The summed E-state index contributed by atoms with van der Waals surface area (Å²) in [6.07, 6.45) is 3.48. The number of nitrogens with two attached hydrogens (primary N) is 1. The number of nitrogens with zero attached hydrogens (tertiary/aromatic N) is 3. The number of hydrogen-bond acceptors (Lipinski definition) is 4. The monoisotopic (exact) mass is 206 g/mol. The van der Waals surface area contributed by atoms with Crippen molar-refractivity contribution in [3.05, 3.63) is 18.1 Å². The Bertz CT molecular complexity index is 477. The lowest BCUT2D eigenvalue weighted by Crippen LogP contribution is -2.02. The van der Waals surface area contributed by atoms with Crippen molar-refractivity contribution in [2.75, 3.05) is 12.3 Å². The molecule has 0 saturated carbocycles. The predicted octanol–water partition coefficient (Wildman–Crippen LogP) is 1.32. The number of pyridine rings is 1. The number of fused-ring (bicyclic) bond motifs is 1. The Balaban J connectivity index is 2.53. The smallest absolute Gasteiger partial charge is 0.151 e. The van der Waals surface area contributed by atoms with Crippen molar-refractivity contribution in [2.24, 2.45) is 0 Å². The van der Waals surface area contributed by atoms with Gasteiger partial charge in [0.25, 0.3) is 0 Å². The van der Waals surface area contributed by atoms with E-state index in [1.54, 1.807) is 12.5 Å². The Morgan fingerprint density at radius 2 is 2.27 bits per heavy atom. The summed E-state index contributed by atoms with van der Waals surface area (Å²) in [7, 11) is 0. The fourth-order valence-corrected chi connectivity index (χ4v) is 1.56. The molecule has 0 unspecified atom stereocenters. The first kappa shape index (κ1) is 9.92. The van der Waals surface area contributed by atoms with Crippen molar-refractivity contribution in [1.82, 2.24) is 14.5 Å². The fraction of sp³-hybridized carbons (Fsp3) is 0.400. The second-order valence-corrected chi connectivity index (χ2v) is 3.36. The van der Waals surface area contributed by atoms with Crippen molar-refractivity contribution in [2.45, 2.75) is 20.6 Å². The van der Waals surface area contributed by atoms with Gasteiger partial charge in [-0.1, -0.05) is 0 Å². The second-order valence-electron chi connectivity index (χ2n) is 3.36. The number of anilines is 1. The van der Waals surface area contributed by atoms with E-state index in [2.05, 4.69) is 9.97 Å². The van der Waals surface area contributed by atoms with Gasteiger partial charge in [-0.05, 0) is 19.4 Å². The molecule has 0 atom stereocenters. The van der Waals surface area contributed by atoms with E-state index in [4.69, 9.17) is 10.5 Å². The zero-order valence-electron chi connectivity index (χ0n) is 8.90. The number of rotatable bonds is 3. The molecule has 2 heterocycles. The standard InChI is InChI=1S/C10H14N4O/c1-3-15-6-14-5-13-8-9(14)7(2)4-12-10(8)11/h4-5H,3,6H2,1-2H3,(H2,11,12). The largest absolute Gasteiger partial charge is 0.382 e. The van der Waals surface area contributed by atoms with E-state index in [0.29, 0.717) is 19.2 Å². The third kappa shape index (κ3) is 1.66. The van der Waals surface area contributed by atoms with Gasteiger partial charge in [0.15, 0.2) is 5.82 Å². The van der Waals surface area contributed by atoms with E-state index in [9.17, 15) is 0 Å². The molecular formula is C10H14N4O. The minimum atomic E-state index is 0.464. The molecule has 2 aromatic heterocycles. The van der Waals surface area contributed by atoms with E-state index in [0.717, 1.165) is 16.6 Å². The van der Waals surface area contributed by atoms with Gasteiger partial charge in [0.05, 0.1) is 11.8 Å². The van der Waals surface area contributed by atoms with Crippen molar-refractivity contribution < 1.29 is 4.74 Å². The van der Waals surface area contributed by atoms with Crippen molar-refractivity contribution in [3.8, 4) is 0 Å². The maximum atomic E-state index is 5.74. The van der Waals surface area contributed by atoms with Gasteiger partial charge in [0, 0.05) is 12.8 Å². The molecule has 0 radical (unpaired) electrons. The molecule has 0 aliphatic carbocycles. The van der Waals surface area contributed by atoms with Gasteiger partial charge in [0.2, 0.25) is 0 Å². The van der Waals surface area contributed by atoms with Crippen LogP contribution in [-0.2, 0) is 11.5 Å². The number of ether oxygens (including phenoxy) is 1. The van der Waals surface area contributed by atoms with Crippen molar-refractivity contribution in [3.63, 3.8) is 0 Å². The van der Waals surface area contributed by atoms with E-state index >= 15 is 0 Å². The topological polar surface area (TPSA) is 66.0 Å². The summed E-state index contributed by atoms with van der Waals surface area (Å²) in [5.41, 5.74) is 8.53. The summed E-state index contributed by atoms with van der Waals surface area (Å²) in [6, 6.07) is 0. The Morgan fingerprint density at radius 3 is 3.00 bits per heavy atom. The minimum Gasteiger partial charge on any atom is -0.382 e. The van der Waals surface area contributed by atoms with Crippen LogP contribution in [0.2, 0.25) is 0 Å². The van der Waals surface area contributed by atoms with Crippen molar-refractivity contribution in [1.29, 1.82) is 0 Å². The zero-order chi connectivity index (χ0) is 10.8. The molecule has 2 rings (SSSR count). The number of aryl methyl sites for hydroxylation is 1. The second kappa shape index (κ2) is 3.86. The van der Waals surface area contributed by atoms with E-state index in [1.807, 2.05) is 18.4 Å². The molecule has 0 aliphatic rings. The Hall–Kier alpha value is -1.62. The zero-order valence-corrected chi connectivity index (χ0v) is 8.90. The lowest BCUT2D eigenvalue weighted by atomic mass is 10.2. The van der Waals surface area contributed by atoms with Gasteiger partial charge in [-0.15, -0.1) is 0 Å². The van der Waals surface area contributed by atoms with Crippen LogP contribution >= 0.6 is 0 Å². The molecule has 2 N–H and O–H groups in total. The lowest BCUT2D eigenvalue weighted by molar-refractivity contribution is 0.0904. The molecule has 5 heteroatoms. The molecule has 0 aliphatic heterocycles. The molecule has 80 valence electrons. The molecule has 0 spiro atoms. The maximum absolute atomic E-state index is 5.74. The lowest BCUT2D eigenvalue weighted by Gasteiger charge is -2.06. The molecule has 0 saturated heterocycles. The Labute approximate surface area is 87.9 Å². The number of nitrogen functional groups attached to an aromatic ring is 1. The summed E-state index contributed by atoms with van der Waals surface area (Å²) >= 11 is 0. The summed E-state index contributed by atoms with van der Waals surface area (Å²) in [5, 5.41) is 0. The average Bonchev–Trinajstić information content (AvgIpc) is 2.65. The minimum absolute atomic E-state index is 0.464. The first-order valence-corrected chi connectivity index (χ1v) is 4.87. The summed E-state index contributed by atoms with van der Waals surface area (Å²) in [4.78, 5) is 8.29. The van der Waals surface area contributed by atoms with Crippen LogP contribution in [0, 0.1) is 6.92 Å². The first-order chi connectivity index (χ1) is 7.24. The maximum Gasteiger partial charge on any atom is 0.151 e. The van der Waals surface area contributed by atoms with Crippen LogP contribution in [0.4, 0.5) is 5.82 Å². The van der Waals surface area contributed by atoms with Crippen LogP contribution < -0.4 is 5.73 Å². The Morgan fingerprint density at radius 1 is 1.47 bits per heavy atom. The summed E-state index contributed by atoms with van der Waals surface area (Å²) in [6.45, 7) is 5.12. The van der Waals surface area contributed by atoms with E-state index in [1.165, 1.54) is 0 Å². The van der Waals surface area contributed by atoms with Gasteiger partial charge >= 0.3 is 0 Å². The van der Waals surface area contributed by atoms with E-state index in [-0.39, 0.29) is 0 Å². The highest BCUT2D eigenvalue weighted by atomic mass is 16.5. The van der Waals surface area contributed by atoms with Gasteiger partial charge in [-0.2, -0.15) is 0 Å². The SMILES string of the molecule is CCOCn1cnc2c(N)ncc(C)c21.